The van der Waals surface area contributed by atoms with Crippen molar-refractivity contribution >= 4 is 21.8 Å². The van der Waals surface area contributed by atoms with Crippen molar-refractivity contribution in [2.45, 2.75) is 26.7 Å². The van der Waals surface area contributed by atoms with Gasteiger partial charge in [0.2, 0.25) is 5.91 Å². The topological polar surface area (TPSA) is 29.1 Å². The molecule has 64 valence electrons. The van der Waals surface area contributed by atoms with Crippen molar-refractivity contribution in [1.29, 1.82) is 0 Å². The van der Waals surface area contributed by atoms with Gasteiger partial charge < -0.3 is 5.32 Å². The van der Waals surface area contributed by atoms with Gasteiger partial charge >= 0.3 is 0 Å². The van der Waals surface area contributed by atoms with Crippen LogP contribution in [0, 0.1) is 0 Å². The number of allylic oxidation sites excluding steroid dienone is 1. The minimum atomic E-state index is 0.0150. The summed E-state index contributed by atoms with van der Waals surface area (Å²) in [5.41, 5.74) is 0.843. The van der Waals surface area contributed by atoms with Crippen LogP contribution in [0.2, 0.25) is 0 Å². The molecule has 11 heavy (non-hydrogen) atoms. The largest absolute Gasteiger partial charge is 0.355 e. The van der Waals surface area contributed by atoms with E-state index in [2.05, 4.69) is 28.2 Å². The normalized spacial score (nSPS) is 12.4. The highest BCUT2D eigenvalue weighted by atomic mass is 79.9. The van der Waals surface area contributed by atoms with Crippen LogP contribution in [0.1, 0.15) is 26.7 Å². The molecule has 1 N–H and O–H groups in total. The van der Waals surface area contributed by atoms with E-state index in [9.17, 15) is 4.79 Å². The summed E-state index contributed by atoms with van der Waals surface area (Å²) >= 11 is 3.30. The van der Waals surface area contributed by atoms with Crippen molar-refractivity contribution in [3.05, 3.63) is 10.1 Å². The molecular formula is C8H14BrNO. The number of amides is 1. The molecule has 0 saturated carbocycles. The first-order chi connectivity index (χ1) is 5.13. The highest BCUT2D eigenvalue weighted by molar-refractivity contribution is 9.11. The first-order valence-electron chi connectivity index (χ1n) is 3.70. The molecule has 0 atom stereocenters. The first-order valence-corrected chi connectivity index (χ1v) is 4.50. The van der Waals surface area contributed by atoms with Gasteiger partial charge in [-0.05, 0) is 13.3 Å². The van der Waals surface area contributed by atoms with Crippen LogP contribution in [0.15, 0.2) is 10.1 Å². The molecule has 0 heterocycles. The molecule has 0 aliphatic heterocycles. The van der Waals surface area contributed by atoms with Crippen molar-refractivity contribution < 1.29 is 4.79 Å². The lowest BCUT2D eigenvalue weighted by molar-refractivity contribution is -0.117. The average molecular weight is 220 g/mol. The Kier molecular flexibility index (Phi) is 5.20. The van der Waals surface area contributed by atoms with Gasteiger partial charge in [-0.25, -0.2) is 0 Å². The molecule has 0 aromatic rings. The number of rotatable bonds is 3. The average Bonchev–Trinajstić information content (AvgIpc) is 1.98. The number of carbonyl (C=O) groups excluding carboxylic acids is 1. The molecule has 0 rings (SSSR count). The second-order valence-electron chi connectivity index (χ2n) is 2.34. The summed E-state index contributed by atoms with van der Waals surface area (Å²) in [5, 5.41) is 2.60. The predicted octanol–water partition coefficient (Wildman–Crippen LogP) is 2.20. The van der Waals surface area contributed by atoms with Gasteiger partial charge in [0.25, 0.3) is 0 Å². The van der Waals surface area contributed by atoms with E-state index in [1.165, 1.54) is 0 Å². The summed E-state index contributed by atoms with van der Waals surface area (Å²) in [6.07, 6.45) is 1.82. The van der Waals surface area contributed by atoms with E-state index >= 15 is 0 Å². The Labute approximate surface area is 76.2 Å². The monoisotopic (exact) mass is 219 g/mol. The summed E-state index contributed by atoms with van der Waals surface area (Å²) in [5.74, 6) is 0.0150. The maximum Gasteiger partial charge on any atom is 0.247 e. The Morgan fingerprint density at radius 3 is 2.36 bits per heavy atom. The molecule has 0 radical (unpaired) electrons. The minimum Gasteiger partial charge on any atom is -0.355 e. The SMILES string of the molecule is CCC/C(C(=O)NC)=C(\C)Br. The second kappa shape index (κ2) is 5.35. The van der Waals surface area contributed by atoms with Gasteiger partial charge in [0.05, 0.1) is 0 Å². The van der Waals surface area contributed by atoms with E-state index in [0.29, 0.717) is 0 Å². The Bertz CT molecular complexity index is 171. The van der Waals surface area contributed by atoms with Crippen molar-refractivity contribution in [1.82, 2.24) is 5.32 Å². The molecule has 0 aliphatic rings. The van der Waals surface area contributed by atoms with Crippen molar-refractivity contribution in [3.63, 3.8) is 0 Å². The van der Waals surface area contributed by atoms with Crippen LogP contribution in [0.4, 0.5) is 0 Å². The van der Waals surface area contributed by atoms with Crippen molar-refractivity contribution in [2.75, 3.05) is 7.05 Å². The van der Waals surface area contributed by atoms with Crippen molar-refractivity contribution in [3.8, 4) is 0 Å². The van der Waals surface area contributed by atoms with Crippen molar-refractivity contribution in [2.24, 2.45) is 0 Å². The lowest BCUT2D eigenvalue weighted by atomic mass is 10.1. The highest BCUT2D eigenvalue weighted by Crippen LogP contribution is 2.15. The van der Waals surface area contributed by atoms with Gasteiger partial charge in [0.15, 0.2) is 0 Å². The lowest BCUT2D eigenvalue weighted by Crippen LogP contribution is -2.20. The molecule has 0 spiro atoms. The summed E-state index contributed by atoms with van der Waals surface area (Å²) in [6.45, 7) is 3.94. The van der Waals surface area contributed by atoms with E-state index in [4.69, 9.17) is 0 Å². The van der Waals surface area contributed by atoms with Gasteiger partial charge in [-0.15, -0.1) is 0 Å². The molecule has 0 fully saturated rings. The molecule has 3 heteroatoms. The molecule has 1 amide bonds. The third-order valence-electron chi connectivity index (χ3n) is 1.42. The van der Waals surface area contributed by atoms with E-state index in [0.717, 1.165) is 22.9 Å². The maximum absolute atomic E-state index is 11.1. The summed E-state index contributed by atoms with van der Waals surface area (Å²) in [6, 6.07) is 0. The smallest absolute Gasteiger partial charge is 0.247 e. The van der Waals surface area contributed by atoms with Crippen LogP contribution < -0.4 is 5.32 Å². The van der Waals surface area contributed by atoms with Crippen LogP contribution in [0.25, 0.3) is 0 Å². The fourth-order valence-electron chi connectivity index (χ4n) is 0.843. The number of halogens is 1. The van der Waals surface area contributed by atoms with Crippen LogP contribution in [-0.4, -0.2) is 13.0 Å². The predicted molar refractivity (Wildman–Crippen MR) is 50.6 cm³/mol. The van der Waals surface area contributed by atoms with Gasteiger partial charge in [0.1, 0.15) is 0 Å². The quantitative estimate of drug-likeness (QED) is 0.726. The Morgan fingerprint density at radius 1 is 1.55 bits per heavy atom. The third kappa shape index (κ3) is 3.56. The van der Waals surface area contributed by atoms with Gasteiger partial charge in [-0.1, -0.05) is 29.3 Å². The zero-order valence-electron chi connectivity index (χ0n) is 7.20. The van der Waals surface area contributed by atoms with Crippen LogP contribution in [-0.2, 0) is 4.79 Å². The highest BCUT2D eigenvalue weighted by Gasteiger charge is 2.07. The Morgan fingerprint density at radius 2 is 2.09 bits per heavy atom. The third-order valence-corrected chi connectivity index (χ3v) is 1.90. The molecule has 0 bridgehead atoms. The fourth-order valence-corrected chi connectivity index (χ4v) is 1.22. The Balaban J connectivity index is 4.36. The molecule has 0 aromatic heterocycles. The standard InChI is InChI=1S/C8H14BrNO/c1-4-5-7(6(2)9)8(11)10-3/h4-5H2,1-3H3,(H,10,11)/b7-6-. The summed E-state index contributed by atoms with van der Waals surface area (Å²) in [4.78, 5) is 11.1. The van der Waals surface area contributed by atoms with Gasteiger partial charge in [-0.2, -0.15) is 0 Å². The lowest BCUT2D eigenvalue weighted by Gasteiger charge is -2.04. The Hall–Kier alpha value is -0.310. The molecular weight excluding hydrogens is 206 g/mol. The molecule has 0 saturated heterocycles. The fraction of sp³-hybridized carbons (Fsp3) is 0.625. The zero-order chi connectivity index (χ0) is 8.85. The molecule has 2 nitrogen and oxygen atoms in total. The first kappa shape index (κ1) is 10.7. The zero-order valence-corrected chi connectivity index (χ0v) is 8.79. The van der Waals surface area contributed by atoms with E-state index in [1.54, 1.807) is 7.05 Å². The van der Waals surface area contributed by atoms with E-state index in [-0.39, 0.29) is 5.91 Å². The number of hydrogen-bond donors (Lipinski definition) is 1. The summed E-state index contributed by atoms with van der Waals surface area (Å²) < 4.78 is 0.929. The summed E-state index contributed by atoms with van der Waals surface area (Å²) in [7, 11) is 1.65. The van der Waals surface area contributed by atoms with Crippen LogP contribution in [0.3, 0.4) is 0 Å². The van der Waals surface area contributed by atoms with Crippen LogP contribution >= 0.6 is 15.9 Å². The molecule has 0 aromatic carbocycles. The minimum absolute atomic E-state index is 0.0150. The molecule has 0 aliphatic carbocycles. The number of likely N-dealkylation sites (N-methyl/N-ethyl adjacent to an activating group) is 1. The number of carbonyl (C=O) groups is 1. The van der Waals surface area contributed by atoms with E-state index < -0.39 is 0 Å². The van der Waals surface area contributed by atoms with E-state index in [1.807, 2.05) is 6.92 Å². The number of nitrogens with one attached hydrogen (secondary N) is 1. The van der Waals surface area contributed by atoms with Crippen LogP contribution in [0.5, 0.6) is 0 Å². The second-order valence-corrected chi connectivity index (χ2v) is 3.53. The van der Waals surface area contributed by atoms with Gasteiger partial charge in [-0.3, -0.25) is 4.79 Å². The maximum atomic E-state index is 11.1. The number of hydrogen-bond acceptors (Lipinski definition) is 1. The molecule has 0 unspecified atom stereocenters. The van der Waals surface area contributed by atoms with Gasteiger partial charge in [0, 0.05) is 17.1 Å².